The second kappa shape index (κ2) is 6.98. The van der Waals surface area contributed by atoms with Gasteiger partial charge in [-0.1, -0.05) is 23.7 Å². The monoisotopic (exact) mass is 361 g/mol. The minimum absolute atomic E-state index is 0.131. The molecule has 0 unspecified atom stereocenters. The van der Waals surface area contributed by atoms with Crippen molar-refractivity contribution >= 4 is 28.9 Å². The molecule has 1 saturated heterocycles. The molecule has 0 spiro atoms. The number of aromatic hydroxyl groups is 1. The van der Waals surface area contributed by atoms with Gasteiger partial charge in [0.2, 0.25) is 0 Å². The number of piperazine rings is 1. The molecule has 1 aliphatic rings. The van der Waals surface area contributed by atoms with Crippen LogP contribution in [0, 0.1) is 10.1 Å². The Morgan fingerprint density at radius 3 is 2.44 bits per heavy atom. The number of halogens is 1. The van der Waals surface area contributed by atoms with Crippen molar-refractivity contribution in [3.8, 4) is 5.75 Å². The van der Waals surface area contributed by atoms with Gasteiger partial charge in [0, 0.05) is 38.3 Å². The summed E-state index contributed by atoms with van der Waals surface area (Å²) >= 11 is 6.05. The van der Waals surface area contributed by atoms with Crippen molar-refractivity contribution in [2.45, 2.75) is 0 Å². The van der Waals surface area contributed by atoms with E-state index in [2.05, 4.69) is 0 Å². The van der Waals surface area contributed by atoms with Crippen LogP contribution in [0.1, 0.15) is 10.4 Å². The highest BCUT2D eigenvalue weighted by atomic mass is 35.5. The third-order valence-electron chi connectivity index (χ3n) is 4.18. The average Bonchev–Trinajstić information content (AvgIpc) is 2.62. The van der Waals surface area contributed by atoms with Crippen LogP contribution in [0.15, 0.2) is 42.5 Å². The molecule has 0 radical (unpaired) electrons. The van der Waals surface area contributed by atoms with E-state index in [1.165, 1.54) is 18.2 Å². The van der Waals surface area contributed by atoms with Gasteiger partial charge in [-0.25, -0.2) is 0 Å². The Labute approximate surface area is 149 Å². The van der Waals surface area contributed by atoms with Gasteiger partial charge < -0.3 is 14.9 Å². The highest BCUT2D eigenvalue weighted by molar-refractivity contribution is 6.33. The Morgan fingerprint density at radius 1 is 1.12 bits per heavy atom. The standard InChI is InChI=1S/C17H16ClN3O4/c18-14-6-5-12(21(24)25)11-13(14)17(23)20-9-7-19(8-10-20)15-3-1-2-4-16(15)22/h1-6,11,22H,7-10H2. The molecule has 0 bridgehead atoms. The summed E-state index contributed by atoms with van der Waals surface area (Å²) in [6.45, 7) is 1.98. The maximum absolute atomic E-state index is 12.7. The van der Waals surface area contributed by atoms with Crippen molar-refractivity contribution in [3.05, 3.63) is 63.2 Å². The molecule has 130 valence electrons. The van der Waals surface area contributed by atoms with Crippen LogP contribution in [0.25, 0.3) is 0 Å². The number of amides is 1. The number of nitro benzene ring substituents is 1. The molecule has 8 heteroatoms. The first kappa shape index (κ1) is 17.0. The average molecular weight is 362 g/mol. The SMILES string of the molecule is O=C(c1cc([N+](=O)[O-])ccc1Cl)N1CCN(c2ccccc2O)CC1. The molecule has 0 atom stereocenters. The van der Waals surface area contributed by atoms with Crippen LogP contribution >= 0.6 is 11.6 Å². The smallest absolute Gasteiger partial charge is 0.270 e. The van der Waals surface area contributed by atoms with Crippen molar-refractivity contribution in [3.63, 3.8) is 0 Å². The third kappa shape index (κ3) is 3.51. The molecule has 1 N–H and O–H groups in total. The summed E-state index contributed by atoms with van der Waals surface area (Å²) in [5.74, 6) is -0.130. The summed E-state index contributed by atoms with van der Waals surface area (Å²) in [5, 5.41) is 21.0. The van der Waals surface area contributed by atoms with Crippen molar-refractivity contribution in [1.29, 1.82) is 0 Å². The van der Waals surface area contributed by atoms with Crippen LogP contribution in [-0.4, -0.2) is 47.0 Å². The van der Waals surface area contributed by atoms with Gasteiger partial charge in [0.25, 0.3) is 11.6 Å². The Hall–Kier alpha value is -2.80. The molecule has 1 amide bonds. The minimum Gasteiger partial charge on any atom is -0.506 e. The van der Waals surface area contributed by atoms with Gasteiger partial charge in [-0.15, -0.1) is 0 Å². The van der Waals surface area contributed by atoms with Crippen molar-refractivity contribution < 1.29 is 14.8 Å². The number of rotatable bonds is 3. The Bertz CT molecular complexity index is 819. The van der Waals surface area contributed by atoms with Crippen LogP contribution in [0.3, 0.4) is 0 Å². The fourth-order valence-corrected chi connectivity index (χ4v) is 3.04. The molecule has 1 heterocycles. The van der Waals surface area contributed by atoms with Gasteiger partial charge in [0.15, 0.2) is 0 Å². The Morgan fingerprint density at radius 2 is 1.80 bits per heavy atom. The summed E-state index contributed by atoms with van der Waals surface area (Å²) in [7, 11) is 0. The minimum atomic E-state index is -0.552. The first-order chi connectivity index (χ1) is 12.0. The highest BCUT2D eigenvalue weighted by Gasteiger charge is 2.26. The molecule has 25 heavy (non-hydrogen) atoms. The molecule has 0 aliphatic carbocycles. The number of benzene rings is 2. The zero-order valence-corrected chi connectivity index (χ0v) is 14.0. The van der Waals surface area contributed by atoms with E-state index in [9.17, 15) is 20.0 Å². The zero-order chi connectivity index (χ0) is 18.0. The quantitative estimate of drug-likeness (QED) is 0.671. The molecular weight excluding hydrogens is 346 g/mol. The summed E-state index contributed by atoms with van der Waals surface area (Å²) in [4.78, 5) is 26.6. The lowest BCUT2D eigenvalue weighted by atomic mass is 10.1. The second-order valence-electron chi connectivity index (χ2n) is 5.69. The second-order valence-corrected chi connectivity index (χ2v) is 6.10. The van der Waals surface area contributed by atoms with E-state index >= 15 is 0 Å². The van der Waals surface area contributed by atoms with Gasteiger partial charge >= 0.3 is 0 Å². The molecule has 0 aromatic heterocycles. The number of phenols is 1. The Kier molecular flexibility index (Phi) is 4.76. The number of para-hydroxylation sites is 2. The molecule has 1 fully saturated rings. The lowest BCUT2D eigenvalue weighted by Crippen LogP contribution is -2.48. The molecule has 3 rings (SSSR count). The van der Waals surface area contributed by atoms with Gasteiger partial charge in [0.1, 0.15) is 5.75 Å². The number of anilines is 1. The van der Waals surface area contributed by atoms with E-state index in [4.69, 9.17) is 11.6 Å². The number of non-ortho nitro benzene ring substituents is 1. The molecule has 2 aromatic rings. The number of nitrogens with zero attached hydrogens (tertiary/aromatic N) is 3. The summed E-state index contributed by atoms with van der Waals surface area (Å²) in [6.07, 6.45) is 0. The number of carbonyl (C=O) groups is 1. The van der Waals surface area contributed by atoms with Crippen LogP contribution in [0.4, 0.5) is 11.4 Å². The number of phenolic OH excluding ortho intramolecular Hbond substituents is 1. The predicted octanol–water partition coefficient (Wildman–Crippen LogP) is 2.92. The molecule has 2 aromatic carbocycles. The van der Waals surface area contributed by atoms with Gasteiger partial charge in [-0.3, -0.25) is 14.9 Å². The normalized spacial score (nSPS) is 14.4. The fourth-order valence-electron chi connectivity index (χ4n) is 2.84. The zero-order valence-electron chi connectivity index (χ0n) is 13.3. The van der Waals surface area contributed by atoms with Gasteiger partial charge in [-0.05, 0) is 18.2 Å². The summed E-state index contributed by atoms with van der Waals surface area (Å²) < 4.78 is 0. The first-order valence-electron chi connectivity index (χ1n) is 7.73. The largest absolute Gasteiger partial charge is 0.506 e. The van der Waals surface area contributed by atoms with Crippen LogP contribution in [0.5, 0.6) is 5.75 Å². The van der Waals surface area contributed by atoms with Crippen LogP contribution < -0.4 is 4.90 Å². The van der Waals surface area contributed by atoms with E-state index in [0.29, 0.717) is 26.2 Å². The van der Waals surface area contributed by atoms with Crippen molar-refractivity contribution in [1.82, 2.24) is 4.90 Å². The Balaban J connectivity index is 1.73. The lowest BCUT2D eigenvalue weighted by molar-refractivity contribution is -0.384. The van der Waals surface area contributed by atoms with E-state index in [-0.39, 0.29) is 27.9 Å². The maximum Gasteiger partial charge on any atom is 0.270 e. The number of nitro groups is 1. The molecule has 1 aliphatic heterocycles. The van der Waals surface area contributed by atoms with Gasteiger partial charge in [0.05, 0.1) is 21.2 Å². The lowest BCUT2D eigenvalue weighted by Gasteiger charge is -2.36. The number of carbonyl (C=O) groups excluding carboxylic acids is 1. The van der Waals surface area contributed by atoms with Crippen LogP contribution in [0.2, 0.25) is 5.02 Å². The fraction of sp³-hybridized carbons (Fsp3) is 0.235. The van der Waals surface area contributed by atoms with Crippen LogP contribution in [-0.2, 0) is 0 Å². The maximum atomic E-state index is 12.7. The topological polar surface area (TPSA) is 86.9 Å². The highest BCUT2D eigenvalue weighted by Crippen LogP contribution is 2.28. The predicted molar refractivity (Wildman–Crippen MR) is 94.3 cm³/mol. The van der Waals surface area contributed by atoms with Crippen molar-refractivity contribution in [2.24, 2.45) is 0 Å². The third-order valence-corrected chi connectivity index (χ3v) is 4.51. The number of hydrogen-bond donors (Lipinski definition) is 1. The van der Waals surface area contributed by atoms with Gasteiger partial charge in [-0.2, -0.15) is 0 Å². The first-order valence-corrected chi connectivity index (χ1v) is 8.11. The van der Waals surface area contributed by atoms with E-state index < -0.39 is 4.92 Å². The van der Waals surface area contributed by atoms with E-state index in [1.54, 1.807) is 17.0 Å². The summed E-state index contributed by atoms with van der Waals surface area (Å²) in [6, 6.07) is 10.9. The molecule has 7 nitrogen and oxygen atoms in total. The van der Waals surface area contributed by atoms with E-state index in [1.807, 2.05) is 17.0 Å². The van der Waals surface area contributed by atoms with Crippen molar-refractivity contribution in [2.75, 3.05) is 31.1 Å². The summed E-state index contributed by atoms with van der Waals surface area (Å²) in [5.41, 5.74) is 0.690. The molecular formula is C17H16ClN3O4. The van der Waals surface area contributed by atoms with E-state index in [0.717, 1.165) is 5.69 Å². The number of hydrogen-bond acceptors (Lipinski definition) is 5. The molecule has 0 saturated carbocycles.